The van der Waals surface area contributed by atoms with Crippen molar-refractivity contribution in [3.05, 3.63) is 57.5 Å². The molecule has 17 heavy (non-hydrogen) atoms. The molecule has 0 aliphatic rings. The Balaban J connectivity index is 2.68. The van der Waals surface area contributed by atoms with Crippen molar-refractivity contribution in [3.8, 4) is 5.69 Å². The molecule has 88 valence electrons. The molecule has 0 atom stereocenters. The second kappa shape index (κ2) is 4.09. The average molecular weight is 228 g/mol. The Morgan fingerprint density at radius 1 is 1.00 bits per heavy atom. The Kier molecular flexibility index (Phi) is 2.76. The maximum Gasteiger partial charge on any atom is 0.204 e. The monoisotopic (exact) mass is 228 g/mol. The second-order valence-electron chi connectivity index (χ2n) is 4.45. The molecular weight excluding hydrogens is 212 g/mol. The third kappa shape index (κ3) is 2.23. The van der Waals surface area contributed by atoms with Crippen molar-refractivity contribution in [2.75, 3.05) is 5.73 Å². The van der Waals surface area contributed by atoms with Gasteiger partial charge in [0.25, 0.3) is 0 Å². The van der Waals surface area contributed by atoms with Gasteiger partial charge >= 0.3 is 0 Å². The molecule has 0 radical (unpaired) electrons. The van der Waals surface area contributed by atoms with E-state index in [0.29, 0.717) is 0 Å². The van der Waals surface area contributed by atoms with Crippen molar-refractivity contribution >= 4 is 5.69 Å². The summed E-state index contributed by atoms with van der Waals surface area (Å²) in [5.74, 6) is 0. The number of hydrogen-bond acceptors (Lipinski definition) is 2. The molecule has 0 spiro atoms. The number of nitrogen functional groups attached to an aromatic ring is 1. The number of nitrogens with two attached hydrogens (primary N) is 1. The van der Waals surface area contributed by atoms with Crippen molar-refractivity contribution in [3.63, 3.8) is 0 Å². The first-order chi connectivity index (χ1) is 7.97. The van der Waals surface area contributed by atoms with E-state index < -0.39 is 0 Å². The molecule has 0 saturated carbocycles. The van der Waals surface area contributed by atoms with Crippen molar-refractivity contribution < 1.29 is 0 Å². The van der Waals surface area contributed by atoms with Gasteiger partial charge < -0.3 is 10.3 Å². The Bertz CT molecular complexity index is 606. The molecule has 0 aliphatic heterocycles. The van der Waals surface area contributed by atoms with Gasteiger partial charge in [-0.2, -0.15) is 0 Å². The van der Waals surface area contributed by atoms with E-state index in [0.717, 1.165) is 11.4 Å². The van der Waals surface area contributed by atoms with E-state index in [1.165, 1.54) is 11.1 Å². The highest BCUT2D eigenvalue weighted by Gasteiger charge is 2.04. The van der Waals surface area contributed by atoms with E-state index in [2.05, 4.69) is 32.0 Å². The van der Waals surface area contributed by atoms with Gasteiger partial charge in [0, 0.05) is 23.6 Å². The highest BCUT2D eigenvalue weighted by atomic mass is 16.1. The highest BCUT2D eigenvalue weighted by Crippen LogP contribution is 2.15. The Hall–Kier alpha value is -2.03. The van der Waals surface area contributed by atoms with Gasteiger partial charge in [-0.15, -0.1) is 0 Å². The smallest absolute Gasteiger partial charge is 0.204 e. The number of anilines is 1. The SMILES string of the molecule is Cc1cc(C)cc(-n2cc(N)c(=O)cc2C)c1. The Morgan fingerprint density at radius 3 is 2.18 bits per heavy atom. The van der Waals surface area contributed by atoms with E-state index in [1.54, 1.807) is 12.3 Å². The fraction of sp³-hybridized carbons (Fsp3) is 0.214. The third-order valence-electron chi connectivity index (χ3n) is 2.76. The summed E-state index contributed by atoms with van der Waals surface area (Å²) in [4.78, 5) is 11.4. The van der Waals surface area contributed by atoms with Crippen LogP contribution in [0.2, 0.25) is 0 Å². The molecule has 3 heteroatoms. The lowest BCUT2D eigenvalue weighted by Crippen LogP contribution is -2.13. The van der Waals surface area contributed by atoms with E-state index in [4.69, 9.17) is 5.73 Å². The van der Waals surface area contributed by atoms with Crippen LogP contribution < -0.4 is 11.2 Å². The van der Waals surface area contributed by atoms with E-state index in [-0.39, 0.29) is 11.1 Å². The average Bonchev–Trinajstić information content (AvgIpc) is 2.22. The first-order valence-corrected chi connectivity index (χ1v) is 5.55. The number of benzene rings is 1. The minimum atomic E-state index is -0.122. The molecule has 2 aromatic rings. The maximum atomic E-state index is 11.4. The summed E-state index contributed by atoms with van der Waals surface area (Å²) in [5.41, 5.74) is 10.1. The normalized spacial score (nSPS) is 10.5. The Labute approximate surface area is 101 Å². The summed E-state index contributed by atoms with van der Waals surface area (Å²) in [5, 5.41) is 0. The van der Waals surface area contributed by atoms with E-state index in [9.17, 15) is 4.79 Å². The van der Waals surface area contributed by atoms with Crippen molar-refractivity contribution in [2.45, 2.75) is 20.8 Å². The van der Waals surface area contributed by atoms with Crippen LogP contribution in [0.5, 0.6) is 0 Å². The fourth-order valence-electron chi connectivity index (χ4n) is 2.02. The van der Waals surface area contributed by atoms with Crippen LogP contribution in [0.25, 0.3) is 5.69 Å². The first kappa shape index (κ1) is 11.5. The van der Waals surface area contributed by atoms with Crippen molar-refractivity contribution in [2.24, 2.45) is 0 Å². The zero-order valence-corrected chi connectivity index (χ0v) is 10.3. The number of hydrogen-bond donors (Lipinski definition) is 1. The zero-order valence-electron chi connectivity index (χ0n) is 10.3. The van der Waals surface area contributed by atoms with Gasteiger partial charge in [-0.25, -0.2) is 0 Å². The summed E-state index contributed by atoms with van der Waals surface area (Å²) in [6.07, 6.45) is 1.69. The fourth-order valence-corrected chi connectivity index (χ4v) is 2.02. The van der Waals surface area contributed by atoms with Crippen molar-refractivity contribution in [1.29, 1.82) is 0 Å². The molecule has 2 rings (SSSR count). The molecule has 1 heterocycles. The lowest BCUT2D eigenvalue weighted by Gasteiger charge is -2.13. The molecule has 1 aromatic carbocycles. The predicted octanol–water partition coefficient (Wildman–Crippen LogP) is 2.34. The molecule has 0 unspecified atom stereocenters. The number of nitrogens with zero attached hydrogens (tertiary/aromatic N) is 1. The van der Waals surface area contributed by atoms with Gasteiger partial charge in [-0.3, -0.25) is 4.79 Å². The molecule has 2 N–H and O–H groups in total. The lowest BCUT2D eigenvalue weighted by molar-refractivity contribution is 0.972. The van der Waals surface area contributed by atoms with Crippen LogP contribution >= 0.6 is 0 Å². The van der Waals surface area contributed by atoms with Crippen LogP contribution in [0.1, 0.15) is 16.8 Å². The van der Waals surface area contributed by atoms with Gasteiger partial charge in [0.05, 0.1) is 5.69 Å². The second-order valence-corrected chi connectivity index (χ2v) is 4.45. The van der Waals surface area contributed by atoms with Gasteiger partial charge in [0.15, 0.2) is 0 Å². The minimum absolute atomic E-state index is 0.122. The molecule has 0 fully saturated rings. The quantitative estimate of drug-likeness (QED) is 0.814. The van der Waals surface area contributed by atoms with Gasteiger partial charge in [-0.05, 0) is 44.0 Å². The summed E-state index contributed by atoms with van der Waals surface area (Å²) in [7, 11) is 0. The van der Waals surface area contributed by atoms with Gasteiger partial charge in [-0.1, -0.05) is 6.07 Å². The summed E-state index contributed by atoms with van der Waals surface area (Å²) >= 11 is 0. The summed E-state index contributed by atoms with van der Waals surface area (Å²) < 4.78 is 1.94. The molecule has 0 amide bonds. The van der Waals surface area contributed by atoms with Crippen molar-refractivity contribution in [1.82, 2.24) is 4.57 Å². The number of pyridine rings is 1. The summed E-state index contributed by atoms with van der Waals surface area (Å²) in [6.45, 7) is 6.01. The zero-order chi connectivity index (χ0) is 12.6. The minimum Gasteiger partial charge on any atom is -0.394 e. The van der Waals surface area contributed by atoms with Crippen LogP contribution in [-0.4, -0.2) is 4.57 Å². The van der Waals surface area contributed by atoms with Crippen LogP contribution in [0, 0.1) is 20.8 Å². The van der Waals surface area contributed by atoms with Crippen LogP contribution in [0.3, 0.4) is 0 Å². The molecule has 0 saturated heterocycles. The predicted molar refractivity (Wildman–Crippen MR) is 70.7 cm³/mol. The van der Waals surface area contributed by atoms with Crippen LogP contribution in [-0.2, 0) is 0 Å². The molecular formula is C14H16N2O. The molecule has 0 bridgehead atoms. The molecule has 0 aliphatic carbocycles. The van der Waals surface area contributed by atoms with Gasteiger partial charge in [0.2, 0.25) is 5.43 Å². The number of aryl methyl sites for hydroxylation is 3. The first-order valence-electron chi connectivity index (χ1n) is 5.55. The Morgan fingerprint density at radius 2 is 1.59 bits per heavy atom. The molecule has 1 aromatic heterocycles. The molecule has 3 nitrogen and oxygen atoms in total. The standard InChI is InChI=1S/C14H16N2O/c1-9-4-10(2)6-12(5-9)16-8-13(15)14(17)7-11(16)3/h4-8H,15H2,1-3H3. The van der Waals surface area contributed by atoms with Crippen LogP contribution in [0.15, 0.2) is 35.3 Å². The largest absolute Gasteiger partial charge is 0.394 e. The maximum absolute atomic E-state index is 11.4. The van der Waals surface area contributed by atoms with Gasteiger partial charge in [0.1, 0.15) is 0 Å². The number of rotatable bonds is 1. The topological polar surface area (TPSA) is 48.0 Å². The summed E-state index contributed by atoms with van der Waals surface area (Å²) in [6, 6.07) is 7.82. The number of aromatic nitrogens is 1. The lowest BCUT2D eigenvalue weighted by atomic mass is 10.1. The third-order valence-corrected chi connectivity index (χ3v) is 2.76. The highest BCUT2D eigenvalue weighted by molar-refractivity contribution is 5.45. The van der Waals surface area contributed by atoms with E-state index in [1.807, 2.05) is 11.5 Å². The van der Waals surface area contributed by atoms with Crippen LogP contribution in [0.4, 0.5) is 5.69 Å². The van der Waals surface area contributed by atoms with E-state index >= 15 is 0 Å².